The molecule has 0 bridgehead atoms. The molecular formula is C17H20ClNO4S. The topological polar surface area (TPSA) is 64.6 Å². The van der Waals surface area contributed by atoms with E-state index in [1.807, 2.05) is 13.8 Å². The molecule has 2 aromatic rings. The van der Waals surface area contributed by atoms with E-state index in [2.05, 4.69) is 4.72 Å². The van der Waals surface area contributed by atoms with Gasteiger partial charge in [0.25, 0.3) is 0 Å². The minimum atomic E-state index is -3.57. The molecule has 24 heavy (non-hydrogen) atoms. The molecule has 2 rings (SSSR count). The first-order chi connectivity index (χ1) is 11.4. The van der Waals surface area contributed by atoms with Crippen molar-refractivity contribution in [1.82, 2.24) is 4.72 Å². The van der Waals surface area contributed by atoms with Crippen molar-refractivity contribution in [2.45, 2.75) is 24.8 Å². The fraction of sp³-hybridized carbons (Fsp3) is 0.294. The van der Waals surface area contributed by atoms with E-state index in [0.717, 1.165) is 0 Å². The monoisotopic (exact) mass is 369 g/mol. The molecule has 0 radical (unpaired) electrons. The summed E-state index contributed by atoms with van der Waals surface area (Å²) in [5.41, 5.74) is 0. The lowest BCUT2D eigenvalue weighted by Crippen LogP contribution is -2.28. The number of hydrogen-bond donors (Lipinski definition) is 1. The average Bonchev–Trinajstić information content (AvgIpc) is 2.53. The van der Waals surface area contributed by atoms with Crippen LogP contribution in [0.5, 0.6) is 11.5 Å². The molecular weight excluding hydrogens is 350 g/mol. The van der Waals surface area contributed by atoms with E-state index in [1.165, 1.54) is 12.1 Å². The Morgan fingerprint density at radius 1 is 1.00 bits per heavy atom. The van der Waals surface area contributed by atoms with Gasteiger partial charge in [-0.15, -0.1) is 0 Å². The van der Waals surface area contributed by atoms with Crippen molar-refractivity contribution >= 4 is 21.6 Å². The van der Waals surface area contributed by atoms with Crippen molar-refractivity contribution in [3.8, 4) is 11.5 Å². The molecule has 2 aromatic carbocycles. The van der Waals surface area contributed by atoms with E-state index >= 15 is 0 Å². The van der Waals surface area contributed by atoms with E-state index in [9.17, 15) is 8.42 Å². The number of halogens is 1. The summed E-state index contributed by atoms with van der Waals surface area (Å²) in [7, 11) is -3.57. The summed E-state index contributed by atoms with van der Waals surface area (Å²) in [5.74, 6) is 1.27. The zero-order valence-corrected chi connectivity index (χ0v) is 15.1. The molecule has 0 aliphatic rings. The molecule has 0 aliphatic carbocycles. The largest absolute Gasteiger partial charge is 0.492 e. The Balaban J connectivity index is 1.85. The summed E-state index contributed by atoms with van der Waals surface area (Å²) in [6.07, 6.45) is 0.0376. The minimum absolute atomic E-state index is 0.0376. The predicted octanol–water partition coefficient (Wildman–Crippen LogP) is 3.48. The molecule has 0 amide bonds. The highest BCUT2D eigenvalue weighted by Crippen LogP contribution is 2.17. The van der Waals surface area contributed by atoms with Crippen molar-refractivity contribution in [1.29, 1.82) is 0 Å². The van der Waals surface area contributed by atoms with Gasteiger partial charge in [0.05, 0.1) is 11.0 Å². The Kier molecular flexibility index (Phi) is 6.48. The zero-order valence-electron chi connectivity index (χ0n) is 13.5. The van der Waals surface area contributed by atoms with Gasteiger partial charge in [0, 0.05) is 11.6 Å². The van der Waals surface area contributed by atoms with Crippen LogP contribution in [0.15, 0.2) is 53.4 Å². The summed E-state index contributed by atoms with van der Waals surface area (Å²) in [5, 5.41) is 0.618. The molecule has 0 fully saturated rings. The van der Waals surface area contributed by atoms with E-state index < -0.39 is 10.0 Å². The first-order valence-corrected chi connectivity index (χ1v) is 9.38. The summed E-state index contributed by atoms with van der Waals surface area (Å²) >= 11 is 5.78. The third-order valence-corrected chi connectivity index (χ3v) is 4.71. The number of nitrogens with one attached hydrogen (secondary N) is 1. The fourth-order valence-electron chi connectivity index (χ4n) is 1.93. The summed E-state index contributed by atoms with van der Waals surface area (Å²) < 4.78 is 37.8. The number of rotatable bonds is 8. The van der Waals surface area contributed by atoms with Gasteiger partial charge in [0.15, 0.2) is 0 Å². The normalized spacial score (nSPS) is 11.5. The van der Waals surface area contributed by atoms with Crippen LogP contribution in [0.25, 0.3) is 0 Å². The number of benzene rings is 2. The van der Waals surface area contributed by atoms with Gasteiger partial charge in [0.2, 0.25) is 10.0 Å². The predicted molar refractivity (Wildman–Crippen MR) is 94.3 cm³/mol. The Bertz CT molecular complexity index is 743. The Morgan fingerprint density at radius 2 is 1.58 bits per heavy atom. The zero-order chi connectivity index (χ0) is 17.6. The van der Waals surface area contributed by atoms with Crippen molar-refractivity contribution in [3.05, 3.63) is 53.6 Å². The smallest absolute Gasteiger partial charge is 0.240 e. The van der Waals surface area contributed by atoms with Crippen LogP contribution in [0.3, 0.4) is 0 Å². The van der Waals surface area contributed by atoms with Crippen LogP contribution in [0.4, 0.5) is 0 Å². The van der Waals surface area contributed by atoms with Crippen molar-refractivity contribution < 1.29 is 17.9 Å². The van der Waals surface area contributed by atoms with E-state index in [1.54, 1.807) is 36.4 Å². The highest BCUT2D eigenvalue weighted by molar-refractivity contribution is 7.89. The Morgan fingerprint density at radius 3 is 2.17 bits per heavy atom. The Hall–Kier alpha value is -1.76. The van der Waals surface area contributed by atoms with Crippen molar-refractivity contribution in [2.24, 2.45) is 0 Å². The van der Waals surface area contributed by atoms with Crippen LogP contribution in [0, 0.1) is 0 Å². The summed E-state index contributed by atoms with van der Waals surface area (Å²) in [6.45, 7) is 4.20. The lowest BCUT2D eigenvalue weighted by molar-refractivity contribution is 0.242. The molecule has 5 nitrogen and oxygen atoms in total. The highest BCUT2D eigenvalue weighted by atomic mass is 35.5. The van der Waals surface area contributed by atoms with Crippen LogP contribution < -0.4 is 14.2 Å². The molecule has 0 heterocycles. The summed E-state index contributed by atoms with van der Waals surface area (Å²) in [6, 6.07) is 13.2. The molecule has 0 aliphatic heterocycles. The van der Waals surface area contributed by atoms with Crippen molar-refractivity contribution in [3.63, 3.8) is 0 Å². The first-order valence-electron chi connectivity index (χ1n) is 7.51. The summed E-state index contributed by atoms with van der Waals surface area (Å²) in [4.78, 5) is 0.185. The van der Waals surface area contributed by atoms with Gasteiger partial charge in [-0.25, -0.2) is 13.1 Å². The van der Waals surface area contributed by atoms with Crippen LogP contribution >= 0.6 is 11.6 Å². The first kappa shape index (κ1) is 18.6. The lowest BCUT2D eigenvalue weighted by atomic mass is 10.3. The second kappa shape index (κ2) is 8.37. The van der Waals surface area contributed by atoms with E-state index in [0.29, 0.717) is 16.5 Å². The van der Waals surface area contributed by atoms with Crippen LogP contribution in [0.2, 0.25) is 5.02 Å². The second-order valence-electron chi connectivity index (χ2n) is 5.34. The number of sulfonamides is 1. The van der Waals surface area contributed by atoms with Gasteiger partial charge < -0.3 is 9.47 Å². The van der Waals surface area contributed by atoms with Crippen LogP contribution in [0.1, 0.15) is 13.8 Å². The lowest BCUT2D eigenvalue weighted by Gasteiger charge is -2.11. The van der Waals surface area contributed by atoms with E-state index in [4.69, 9.17) is 21.1 Å². The molecule has 0 saturated carbocycles. The highest BCUT2D eigenvalue weighted by Gasteiger charge is 2.13. The third kappa shape index (κ3) is 5.70. The molecule has 0 spiro atoms. The molecule has 0 atom stereocenters. The van der Waals surface area contributed by atoms with Gasteiger partial charge in [-0.2, -0.15) is 0 Å². The molecule has 7 heteroatoms. The average molecular weight is 370 g/mol. The second-order valence-corrected chi connectivity index (χ2v) is 7.54. The number of hydrogen-bond acceptors (Lipinski definition) is 4. The van der Waals surface area contributed by atoms with Gasteiger partial charge in [-0.3, -0.25) is 0 Å². The maximum Gasteiger partial charge on any atom is 0.240 e. The molecule has 0 aromatic heterocycles. The van der Waals surface area contributed by atoms with Gasteiger partial charge in [-0.1, -0.05) is 11.6 Å². The Labute approximate surface area is 147 Å². The van der Waals surface area contributed by atoms with Crippen LogP contribution in [-0.2, 0) is 10.0 Å². The van der Waals surface area contributed by atoms with Gasteiger partial charge in [-0.05, 0) is 62.4 Å². The maximum atomic E-state index is 12.2. The number of ether oxygens (including phenoxy) is 2. The van der Waals surface area contributed by atoms with Crippen molar-refractivity contribution in [2.75, 3.05) is 13.2 Å². The van der Waals surface area contributed by atoms with Gasteiger partial charge >= 0.3 is 0 Å². The molecule has 0 saturated heterocycles. The molecule has 1 N–H and O–H groups in total. The molecule has 0 unspecified atom stereocenters. The van der Waals surface area contributed by atoms with E-state index in [-0.39, 0.29) is 24.2 Å². The molecule has 130 valence electrons. The SMILES string of the molecule is CC(C)Oc1ccc(S(=O)(=O)NCCOc2ccc(Cl)cc2)cc1. The van der Waals surface area contributed by atoms with Crippen LogP contribution in [-0.4, -0.2) is 27.7 Å². The quantitative estimate of drug-likeness (QED) is 0.723. The standard InChI is InChI=1S/C17H20ClNO4S/c1-13(2)23-16-7-9-17(10-8-16)24(20,21)19-11-12-22-15-5-3-14(18)4-6-15/h3-10,13,19H,11-12H2,1-2H3. The minimum Gasteiger partial charge on any atom is -0.492 e. The maximum absolute atomic E-state index is 12.2. The van der Waals surface area contributed by atoms with Gasteiger partial charge in [0.1, 0.15) is 18.1 Å². The fourth-order valence-corrected chi connectivity index (χ4v) is 3.07. The third-order valence-electron chi connectivity index (χ3n) is 2.98.